The van der Waals surface area contributed by atoms with E-state index >= 15 is 0 Å². The molecule has 0 radical (unpaired) electrons. The molecule has 0 saturated heterocycles. The van der Waals surface area contributed by atoms with Crippen molar-refractivity contribution in [2.24, 2.45) is 7.05 Å². The van der Waals surface area contributed by atoms with Gasteiger partial charge in [-0.1, -0.05) is 41.4 Å². The van der Waals surface area contributed by atoms with Gasteiger partial charge in [-0.2, -0.15) is 9.82 Å². The molecule has 0 fully saturated rings. The number of hydrogen-bond donors (Lipinski definition) is 5. The second kappa shape index (κ2) is 12.0. The molecule has 1 atom stereocenters. The zero-order valence-electron chi connectivity index (χ0n) is 20.6. The summed E-state index contributed by atoms with van der Waals surface area (Å²) >= 11 is 12.0. The molecule has 0 aliphatic rings. The van der Waals surface area contributed by atoms with Gasteiger partial charge in [-0.15, -0.1) is 0 Å². The van der Waals surface area contributed by atoms with E-state index in [9.17, 15) is 23.1 Å². The highest BCUT2D eigenvalue weighted by atomic mass is 35.5. The van der Waals surface area contributed by atoms with Gasteiger partial charge in [-0.25, -0.2) is 13.4 Å². The number of para-hydroxylation sites is 1. The number of carboxylic acids is 1. The first-order chi connectivity index (χ1) is 18.6. The van der Waals surface area contributed by atoms with Crippen LogP contribution in [-0.2, 0) is 28.3 Å². The van der Waals surface area contributed by atoms with Crippen LogP contribution < -0.4 is 15.4 Å². The number of halogens is 2. The largest absolute Gasteiger partial charge is 0.480 e. The molecule has 39 heavy (non-hydrogen) atoms. The molecule has 206 valence electrons. The molecule has 12 nitrogen and oxygen atoms in total. The third kappa shape index (κ3) is 6.50. The van der Waals surface area contributed by atoms with Crippen molar-refractivity contribution in [3.8, 4) is 0 Å². The minimum atomic E-state index is -4.41. The quantitative estimate of drug-likeness (QED) is 0.156. The number of carboxylic acid groups (broad SMARTS) is 1. The molecule has 2 aromatic carbocycles. The van der Waals surface area contributed by atoms with Crippen molar-refractivity contribution < 1.29 is 23.1 Å². The molecule has 2 aromatic heterocycles. The lowest BCUT2D eigenvalue weighted by Gasteiger charge is -2.17. The number of benzene rings is 2. The van der Waals surface area contributed by atoms with Gasteiger partial charge in [0.25, 0.3) is 5.91 Å². The Morgan fingerprint density at radius 2 is 1.87 bits per heavy atom. The highest BCUT2D eigenvalue weighted by Crippen LogP contribution is 2.29. The lowest BCUT2D eigenvalue weighted by Crippen LogP contribution is -2.48. The number of nitrogens with one attached hydrogen (secondary N) is 4. The van der Waals surface area contributed by atoms with Crippen molar-refractivity contribution in [3.63, 3.8) is 0 Å². The number of sulfonamides is 1. The summed E-state index contributed by atoms with van der Waals surface area (Å²) in [5.74, 6) is -1.40. The number of rotatable bonds is 12. The molecular formula is C24H25Cl2N7O5S. The summed E-state index contributed by atoms with van der Waals surface area (Å²) < 4.78 is 29.3. The van der Waals surface area contributed by atoms with E-state index < -0.39 is 39.4 Å². The Hall–Kier alpha value is -3.65. The average molecular weight is 594 g/mol. The first-order valence-corrected chi connectivity index (χ1v) is 14.0. The molecule has 1 amide bonds. The maximum absolute atomic E-state index is 13.1. The number of aryl methyl sites for hydroxylation is 2. The summed E-state index contributed by atoms with van der Waals surface area (Å²) in [4.78, 5) is 31.6. The van der Waals surface area contributed by atoms with Gasteiger partial charge in [-0.3, -0.25) is 14.3 Å². The molecule has 4 aromatic rings. The van der Waals surface area contributed by atoms with Crippen LogP contribution in [0, 0.1) is 0 Å². The first-order valence-electron chi connectivity index (χ1n) is 11.7. The van der Waals surface area contributed by atoms with Crippen LogP contribution in [0.2, 0.25) is 10.0 Å². The third-order valence-corrected chi connectivity index (χ3v) is 8.24. The van der Waals surface area contributed by atoms with E-state index in [-0.39, 0.29) is 15.6 Å². The van der Waals surface area contributed by atoms with Crippen LogP contribution in [0.5, 0.6) is 0 Å². The van der Waals surface area contributed by atoms with Crippen LogP contribution in [0.15, 0.2) is 53.7 Å². The van der Waals surface area contributed by atoms with E-state index in [2.05, 4.69) is 25.7 Å². The number of aliphatic carboxylic acids is 1. The van der Waals surface area contributed by atoms with E-state index in [4.69, 9.17) is 23.2 Å². The second-order valence-electron chi connectivity index (χ2n) is 8.51. The molecule has 4 rings (SSSR count). The third-order valence-electron chi connectivity index (χ3n) is 5.82. The SMILES string of the molecule is Cn1nc(CCCNc2ncc[nH]2)c2cccc(C(=O)NCC(NS(=O)(=O)c3c(Cl)cccc3Cl)C(=O)O)c21. The van der Waals surface area contributed by atoms with Crippen LogP contribution in [-0.4, -0.2) is 64.3 Å². The van der Waals surface area contributed by atoms with Crippen molar-refractivity contribution >= 4 is 62.0 Å². The Balaban J connectivity index is 1.46. The normalized spacial score (nSPS) is 12.4. The van der Waals surface area contributed by atoms with E-state index in [0.29, 0.717) is 24.4 Å². The van der Waals surface area contributed by atoms with Crippen LogP contribution in [0.25, 0.3) is 10.9 Å². The number of H-pyrrole nitrogens is 1. The molecule has 5 N–H and O–H groups in total. The number of aromatic amines is 1. The van der Waals surface area contributed by atoms with Crippen molar-refractivity contribution in [1.29, 1.82) is 0 Å². The van der Waals surface area contributed by atoms with E-state index in [1.807, 2.05) is 10.8 Å². The summed E-state index contributed by atoms with van der Waals surface area (Å²) in [6.45, 7) is 0.132. The smallest absolute Gasteiger partial charge is 0.323 e. The Labute approximate surface area is 233 Å². The van der Waals surface area contributed by atoms with Crippen LogP contribution in [0.3, 0.4) is 0 Å². The number of nitrogens with zero attached hydrogens (tertiary/aromatic N) is 3. The minimum absolute atomic E-state index is 0.168. The average Bonchev–Trinajstić information content (AvgIpc) is 3.51. The maximum Gasteiger partial charge on any atom is 0.323 e. The van der Waals surface area contributed by atoms with E-state index in [1.165, 1.54) is 18.2 Å². The van der Waals surface area contributed by atoms with Gasteiger partial charge in [-0.05, 0) is 31.0 Å². The number of amides is 1. The molecule has 1 unspecified atom stereocenters. The molecular weight excluding hydrogens is 569 g/mol. The topological polar surface area (TPSA) is 171 Å². The number of aromatic nitrogens is 4. The highest BCUT2D eigenvalue weighted by molar-refractivity contribution is 7.89. The van der Waals surface area contributed by atoms with E-state index in [0.717, 1.165) is 17.5 Å². The van der Waals surface area contributed by atoms with Gasteiger partial charge < -0.3 is 20.7 Å². The number of anilines is 1. The van der Waals surface area contributed by atoms with Crippen molar-refractivity contribution in [2.75, 3.05) is 18.4 Å². The standard InChI is InChI=1S/C24H25Cl2N7O5S/c1-33-20-14(18(31-33)9-4-10-27-24-28-11-12-29-24)5-2-6-15(20)22(34)30-13-19(23(35)36)32-39(37,38)21-16(25)7-3-8-17(21)26/h2-3,5-8,11-12,19,32H,4,9-10,13H2,1H3,(H,30,34)(H,35,36)(H2,27,28,29). The number of carbonyl (C=O) groups excluding carboxylic acids is 1. The molecule has 0 aliphatic heterocycles. The van der Waals surface area contributed by atoms with Gasteiger partial charge in [0.15, 0.2) is 5.95 Å². The summed E-state index contributed by atoms with van der Waals surface area (Å²) in [5.41, 5.74) is 1.64. The van der Waals surface area contributed by atoms with Gasteiger partial charge in [0, 0.05) is 37.9 Å². The number of hydrogen-bond acceptors (Lipinski definition) is 7. The molecule has 2 heterocycles. The highest BCUT2D eigenvalue weighted by Gasteiger charge is 2.29. The number of carbonyl (C=O) groups is 2. The molecule has 0 saturated carbocycles. The molecule has 0 bridgehead atoms. The fourth-order valence-corrected chi connectivity index (χ4v) is 6.39. The van der Waals surface area contributed by atoms with Gasteiger partial charge >= 0.3 is 5.97 Å². The van der Waals surface area contributed by atoms with Crippen molar-refractivity contribution in [1.82, 2.24) is 29.8 Å². The fraction of sp³-hybridized carbons (Fsp3) is 0.250. The lowest BCUT2D eigenvalue weighted by atomic mass is 10.1. The molecule has 0 spiro atoms. The monoisotopic (exact) mass is 593 g/mol. The number of fused-ring (bicyclic) bond motifs is 1. The van der Waals surface area contributed by atoms with Gasteiger partial charge in [0.05, 0.1) is 26.8 Å². The Kier molecular flexibility index (Phi) is 8.75. The maximum atomic E-state index is 13.1. The first kappa shape index (κ1) is 28.4. The molecule has 0 aliphatic carbocycles. The lowest BCUT2D eigenvalue weighted by molar-refractivity contribution is -0.138. The minimum Gasteiger partial charge on any atom is -0.480 e. The Morgan fingerprint density at radius 3 is 2.54 bits per heavy atom. The summed E-state index contributed by atoms with van der Waals surface area (Å²) in [7, 11) is -2.70. The van der Waals surface area contributed by atoms with Crippen LogP contribution in [0.1, 0.15) is 22.5 Å². The van der Waals surface area contributed by atoms with Crippen LogP contribution >= 0.6 is 23.2 Å². The number of imidazole rings is 1. The predicted molar refractivity (Wildman–Crippen MR) is 147 cm³/mol. The second-order valence-corrected chi connectivity index (χ2v) is 11.0. The Morgan fingerprint density at radius 1 is 1.15 bits per heavy atom. The van der Waals surface area contributed by atoms with Crippen molar-refractivity contribution in [2.45, 2.75) is 23.8 Å². The fourth-order valence-electron chi connectivity index (χ4n) is 4.06. The van der Waals surface area contributed by atoms with Crippen LogP contribution in [0.4, 0.5) is 5.95 Å². The Bertz CT molecular complexity index is 1590. The molecule has 15 heteroatoms. The predicted octanol–water partition coefficient (Wildman–Crippen LogP) is 2.81. The van der Waals surface area contributed by atoms with Crippen molar-refractivity contribution in [3.05, 3.63) is 70.1 Å². The van der Waals surface area contributed by atoms with Gasteiger partial charge in [0.2, 0.25) is 10.0 Å². The summed E-state index contributed by atoms with van der Waals surface area (Å²) in [5, 5.41) is 20.3. The summed E-state index contributed by atoms with van der Waals surface area (Å²) in [6, 6.07) is 7.56. The van der Waals surface area contributed by atoms with E-state index in [1.54, 1.807) is 36.3 Å². The zero-order valence-corrected chi connectivity index (χ0v) is 22.9. The zero-order chi connectivity index (χ0) is 28.2. The summed E-state index contributed by atoms with van der Waals surface area (Å²) in [6.07, 6.45) is 4.79. The van der Waals surface area contributed by atoms with Gasteiger partial charge in [0.1, 0.15) is 10.9 Å².